The Morgan fingerprint density at radius 1 is 1.56 bits per heavy atom. The molecule has 0 aromatic heterocycles. The highest BCUT2D eigenvalue weighted by atomic mass is 79.9. The summed E-state index contributed by atoms with van der Waals surface area (Å²) in [5, 5.41) is 2.80. The van der Waals surface area contributed by atoms with Gasteiger partial charge in [0.1, 0.15) is 0 Å². The number of anilines is 1. The monoisotopic (exact) mass is 284 g/mol. The fourth-order valence-electron chi connectivity index (χ4n) is 1.30. The predicted octanol–water partition coefficient (Wildman–Crippen LogP) is 2.76. The molecule has 0 saturated heterocycles. The molecule has 3 nitrogen and oxygen atoms in total. The first-order valence-electron chi connectivity index (χ1n) is 5.36. The first-order chi connectivity index (χ1) is 7.54. The molecular weight excluding hydrogens is 268 g/mol. The molecule has 88 valence electrons. The maximum Gasteiger partial charge on any atom is 0.241 e. The van der Waals surface area contributed by atoms with Gasteiger partial charge in [-0.05, 0) is 24.1 Å². The SMILES string of the molecule is CC[C@H](C)[C@H](N)C(=O)Nc1cccc(Br)c1. The first-order valence-corrected chi connectivity index (χ1v) is 6.16. The van der Waals surface area contributed by atoms with E-state index in [0.29, 0.717) is 0 Å². The second-order valence-electron chi connectivity index (χ2n) is 3.91. The lowest BCUT2D eigenvalue weighted by molar-refractivity contribution is -0.118. The highest BCUT2D eigenvalue weighted by molar-refractivity contribution is 9.10. The quantitative estimate of drug-likeness (QED) is 0.893. The van der Waals surface area contributed by atoms with Gasteiger partial charge in [-0.1, -0.05) is 42.3 Å². The van der Waals surface area contributed by atoms with Crippen LogP contribution in [0.2, 0.25) is 0 Å². The first kappa shape index (κ1) is 13.2. The van der Waals surface area contributed by atoms with Crippen LogP contribution in [0.1, 0.15) is 20.3 Å². The van der Waals surface area contributed by atoms with Gasteiger partial charge < -0.3 is 11.1 Å². The van der Waals surface area contributed by atoms with Crippen molar-refractivity contribution in [3.63, 3.8) is 0 Å². The second kappa shape index (κ2) is 6.01. The van der Waals surface area contributed by atoms with E-state index in [2.05, 4.69) is 21.2 Å². The molecule has 0 saturated carbocycles. The van der Waals surface area contributed by atoms with E-state index in [0.717, 1.165) is 16.6 Å². The van der Waals surface area contributed by atoms with Gasteiger partial charge in [-0.3, -0.25) is 4.79 Å². The predicted molar refractivity (Wildman–Crippen MR) is 70.2 cm³/mol. The Labute approximate surface area is 105 Å². The van der Waals surface area contributed by atoms with Gasteiger partial charge in [-0.15, -0.1) is 0 Å². The zero-order valence-electron chi connectivity index (χ0n) is 9.53. The van der Waals surface area contributed by atoms with Gasteiger partial charge in [0, 0.05) is 10.2 Å². The third kappa shape index (κ3) is 3.61. The van der Waals surface area contributed by atoms with Crippen LogP contribution in [0.25, 0.3) is 0 Å². The van der Waals surface area contributed by atoms with Crippen molar-refractivity contribution in [3.8, 4) is 0 Å². The molecule has 0 aliphatic heterocycles. The molecule has 0 fully saturated rings. The molecule has 0 unspecified atom stereocenters. The highest BCUT2D eigenvalue weighted by Crippen LogP contribution is 2.16. The summed E-state index contributed by atoms with van der Waals surface area (Å²) in [7, 11) is 0. The van der Waals surface area contributed by atoms with Gasteiger partial charge in [0.05, 0.1) is 6.04 Å². The van der Waals surface area contributed by atoms with Gasteiger partial charge in [0.2, 0.25) is 5.91 Å². The molecule has 1 aromatic rings. The number of nitrogens with one attached hydrogen (secondary N) is 1. The molecule has 1 rings (SSSR count). The summed E-state index contributed by atoms with van der Waals surface area (Å²) in [4.78, 5) is 11.8. The van der Waals surface area contributed by atoms with E-state index in [4.69, 9.17) is 5.73 Å². The standard InChI is InChI=1S/C12H17BrN2O/c1-3-8(2)11(14)12(16)15-10-6-4-5-9(13)7-10/h4-8,11H,3,14H2,1-2H3,(H,15,16)/t8-,11-/m0/s1. The van der Waals surface area contributed by atoms with E-state index >= 15 is 0 Å². The van der Waals surface area contributed by atoms with Crippen LogP contribution < -0.4 is 11.1 Å². The lowest BCUT2D eigenvalue weighted by Crippen LogP contribution is -2.40. The van der Waals surface area contributed by atoms with Crippen molar-refractivity contribution >= 4 is 27.5 Å². The van der Waals surface area contributed by atoms with Crippen LogP contribution in [-0.2, 0) is 4.79 Å². The van der Waals surface area contributed by atoms with Crippen molar-refractivity contribution < 1.29 is 4.79 Å². The number of nitrogens with two attached hydrogens (primary N) is 1. The van der Waals surface area contributed by atoms with Crippen LogP contribution in [0.3, 0.4) is 0 Å². The molecule has 0 spiro atoms. The van der Waals surface area contributed by atoms with Crippen LogP contribution >= 0.6 is 15.9 Å². The number of rotatable bonds is 4. The summed E-state index contributed by atoms with van der Waals surface area (Å²) in [6, 6.07) is 7.01. The molecule has 1 aromatic carbocycles. The smallest absolute Gasteiger partial charge is 0.241 e. The summed E-state index contributed by atoms with van der Waals surface area (Å²) in [6.07, 6.45) is 0.896. The Morgan fingerprint density at radius 3 is 2.81 bits per heavy atom. The number of hydrogen-bond acceptors (Lipinski definition) is 2. The normalized spacial score (nSPS) is 14.2. The minimum Gasteiger partial charge on any atom is -0.325 e. The Kier molecular flexibility index (Phi) is 4.96. The van der Waals surface area contributed by atoms with Gasteiger partial charge in [-0.25, -0.2) is 0 Å². The average molecular weight is 285 g/mol. The summed E-state index contributed by atoms with van der Waals surface area (Å²) in [5.41, 5.74) is 6.60. The number of hydrogen-bond donors (Lipinski definition) is 2. The number of amides is 1. The fourth-order valence-corrected chi connectivity index (χ4v) is 1.70. The third-order valence-corrected chi connectivity index (χ3v) is 3.15. The Morgan fingerprint density at radius 2 is 2.25 bits per heavy atom. The van der Waals surface area contributed by atoms with Crippen molar-refractivity contribution in [1.29, 1.82) is 0 Å². The molecule has 0 bridgehead atoms. The topological polar surface area (TPSA) is 55.1 Å². The maximum atomic E-state index is 11.8. The summed E-state index contributed by atoms with van der Waals surface area (Å²) >= 11 is 3.35. The molecule has 4 heteroatoms. The molecule has 0 radical (unpaired) electrons. The number of carbonyl (C=O) groups excluding carboxylic acids is 1. The van der Waals surface area contributed by atoms with E-state index in [1.807, 2.05) is 38.1 Å². The Hall–Kier alpha value is -0.870. The summed E-state index contributed by atoms with van der Waals surface area (Å²) in [6.45, 7) is 4.00. The molecule has 0 aliphatic rings. The van der Waals surface area contributed by atoms with Crippen LogP contribution in [0.5, 0.6) is 0 Å². The van der Waals surface area contributed by atoms with Crippen LogP contribution in [0.15, 0.2) is 28.7 Å². The maximum absolute atomic E-state index is 11.8. The van der Waals surface area contributed by atoms with E-state index < -0.39 is 6.04 Å². The Balaban J connectivity index is 2.64. The Bertz CT molecular complexity index is 368. The lowest BCUT2D eigenvalue weighted by atomic mass is 9.99. The molecule has 16 heavy (non-hydrogen) atoms. The third-order valence-electron chi connectivity index (χ3n) is 2.65. The van der Waals surface area contributed by atoms with Crippen LogP contribution in [0.4, 0.5) is 5.69 Å². The fraction of sp³-hybridized carbons (Fsp3) is 0.417. The molecule has 0 aliphatic carbocycles. The molecule has 0 heterocycles. The van der Waals surface area contributed by atoms with Gasteiger partial charge in [-0.2, -0.15) is 0 Å². The second-order valence-corrected chi connectivity index (χ2v) is 4.83. The molecule has 3 N–H and O–H groups in total. The summed E-state index contributed by atoms with van der Waals surface area (Å²) < 4.78 is 0.933. The molecule has 1 amide bonds. The number of carbonyl (C=O) groups is 1. The van der Waals surface area contributed by atoms with Crippen LogP contribution in [-0.4, -0.2) is 11.9 Å². The van der Waals surface area contributed by atoms with Gasteiger partial charge in [0.15, 0.2) is 0 Å². The van der Waals surface area contributed by atoms with E-state index in [1.165, 1.54) is 0 Å². The lowest BCUT2D eigenvalue weighted by Gasteiger charge is -2.17. The van der Waals surface area contributed by atoms with Crippen molar-refractivity contribution in [2.75, 3.05) is 5.32 Å². The van der Waals surface area contributed by atoms with Crippen molar-refractivity contribution in [1.82, 2.24) is 0 Å². The van der Waals surface area contributed by atoms with Crippen molar-refractivity contribution in [2.45, 2.75) is 26.3 Å². The van der Waals surface area contributed by atoms with Crippen molar-refractivity contribution in [2.24, 2.45) is 11.7 Å². The zero-order valence-corrected chi connectivity index (χ0v) is 11.1. The van der Waals surface area contributed by atoms with Crippen molar-refractivity contribution in [3.05, 3.63) is 28.7 Å². The minimum atomic E-state index is -0.455. The summed E-state index contributed by atoms with van der Waals surface area (Å²) in [5.74, 6) is 0.0552. The highest BCUT2D eigenvalue weighted by Gasteiger charge is 2.19. The largest absolute Gasteiger partial charge is 0.325 e. The van der Waals surface area contributed by atoms with Gasteiger partial charge in [0.25, 0.3) is 0 Å². The zero-order chi connectivity index (χ0) is 12.1. The van der Waals surface area contributed by atoms with E-state index in [1.54, 1.807) is 0 Å². The minimum absolute atomic E-state index is 0.132. The van der Waals surface area contributed by atoms with Crippen LogP contribution in [0, 0.1) is 5.92 Å². The molecule has 2 atom stereocenters. The van der Waals surface area contributed by atoms with E-state index in [-0.39, 0.29) is 11.8 Å². The van der Waals surface area contributed by atoms with E-state index in [9.17, 15) is 4.79 Å². The average Bonchev–Trinajstić information content (AvgIpc) is 2.27. The number of halogens is 1. The molecular formula is C12H17BrN2O. The van der Waals surface area contributed by atoms with Gasteiger partial charge >= 0.3 is 0 Å². The number of benzene rings is 1.